The highest BCUT2D eigenvalue weighted by atomic mass is 35.5. The summed E-state index contributed by atoms with van der Waals surface area (Å²) in [6.07, 6.45) is 1.10. The second-order valence-corrected chi connectivity index (χ2v) is 5.25. The molecule has 0 aliphatic rings. The van der Waals surface area contributed by atoms with Crippen LogP contribution in [0.4, 0.5) is 0 Å². The van der Waals surface area contributed by atoms with Gasteiger partial charge in [-0.3, -0.25) is 4.79 Å². The van der Waals surface area contributed by atoms with Crippen LogP contribution in [0.3, 0.4) is 0 Å². The van der Waals surface area contributed by atoms with Gasteiger partial charge in [0.25, 0.3) is 0 Å². The number of carbonyl (C=O) groups is 1. The van der Waals surface area contributed by atoms with Gasteiger partial charge in [-0.25, -0.2) is 0 Å². The molecule has 0 spiro atoms. The number of hydrogen-bond donors (Lipinski definition) is 1. The molecule has 0 aliphatic heterocycles. The van der Waals surface area contributed by atoms with E-state index in [4.69, 9.17) is 11.6 Å². The van der Waals surface area contributed by atoms with Crippen molar-refractivity contribution >= 4 is 29.3 Å². The van der Waals surface area contributed by atoms with Crippen LogP contribution in [0, 0.1) is 0 Å². The third-order valence-corrected chi connectivity index (χ3v) is 3.65. The Hall–Kier alpha value is -0.710. The van der Waals surface area contributed by atoms with Crippen molar-refractivity contribution in [1.29, 1.82) is 0 Å². The Balaban J connectivity index is 2.67. The van der Waals surface area contributed by atoms with Crippen LogP contribution in [0.1, 0.15) is 18.9 Å². The molecule has 0 amide bonds. The number of thioether (sulfide) groups is 1. The number of esters is 1. The quantitative estimate of drug-likeness (QED) is 0.475. The molecule has 5 heteroatoms. The Kier molecular flexibility index (Phi) is 7.16. The highest BCUT2D eigenvalue weighted by Gasteiger charge is 2.07. The maximum absolute atomic E-state index is 11.2. The van der Waals surface area contributed by atoms with Crippen molar-refractivity contribution in [2.24, 2.45) is 0 Å². The van der Waals surface area contributed by atoms with Gasteiger partial charge in [0.05, 0.1) is 12.9 Å². The van der Waals surface area contributed by atoms with Gasteiger partial charge >= 0.3 is 5.97 Å². The summed E-state index contributed by atoms with van der Waals surface area (Å²) < 4.78 is 4.63. The van der Waals surface area contributed by atoms with E-state index in [2.05, 4.69) is 17.0 Å². The maximum atomic E-state index is 11.2. The molecule has 0 bridgehead atoms. The molecule has 0 unspecified atom stereocenters. The normalized spacial score (nSPS) is 10.4. The van der Waals surface area contributed by atoms with E-state index in [0.717, 1.165) is 30.0 Å². The van der Waals surface area contributed by atoms with Gasteiger partial charge in [0.15, 0.2) is 0 Å². The molecule has 0 saturated heterocycles. The van der Waals surface area contributed by atoms with Crippen molar-refractivity contribution < 1.29 is 9.53 Å². The topological polar surface area (TPSA) is 38.3 Å². The predicted molar refractivity (Wildman–Crippen MR) is 76.2 cm³/mol. The number of carbonyl (C=O) groups excluding carboxylic acids is 1. The van der Waals surface area contributed by atoms with E-state index in [0.29, 0.717) is 10.8 Å². The number of rotatable bonds is 7. The summed E-state index contributed by atoms with van der Waals surface area (Å²) in [4.78, 5) is 12.2. The van der Waals surface area contributed by atoms with E-state index >= 15 is 0 Å². The Labute approximate surface area is 117 Å². The fourth-order valence-electron chi connectivity index (χ4n) is 1.40. The van der Waals surface area contributed by atoms with Crippen molar-refractivity contribution in [3.8, 4) is 0 Å². The number of benzene rings is 1. The summed E-state index contributed by atoms with van der Waals surface area (Å²) in [6.45, 7) is 3.89. The predicted octanol–water partition coefficient (Wildman–Crippen LogP) is 3.10. The number of halogens is 1. The standard InChI is InChI=1S/C13H18ClNO2S/c1-3-6-15-8-10-4-5-11(14)7-12(10)18-9-13(16)17-2/h4-5,7,15H,3,6,8-9H2,1-2H3. The molecule has 1 aromatic rings. The molecule has 0 aromatic heterocycles. The third kappa shape index (κ3) is 5.29. The molecule has 100 valence electrons. The van der Waals surface area contributed by atoms with Gasteiger partial charge in [0, 0.05) is 16.5 Å². The minimum absolute atomic E-state index is 0.229. The van der Waals surface area contributed by atoms with E-state index in [1.807, 2.05) is 18.2 Å². The first-order valence-electron chi connectivity index (χ1n) is 5.86. The molecule has 1 N–H and O–H groups in total. The van der Waals surface area contributed by atoms with Crippen molar-refractivity contribution in [3.63, 3.8) is 0 Å². The third-order valence-electron chi connectivity index (χ3n) is 2.34. The molecule has 0 saturated carbocycles. The highest BCUT2D eigenvalue weighted by Crippen LogP contribution is 2.26. The first-order valence-corrected chi connectivity index (χ1v) is 7.22. The molecule has 3 nitrogen and oxygen atoms in total. The fourth-order valence-corrected chi connectivity index (χ4v) is 2.57. The Bertz CT molecular complexity index is 399. The highest BCUT2D eigenvalue weighted by molar-refractivity contribution is 8.00. The fraction of sp³-hybridized carbons (Fsp3) is 0.462. The Morgan fingerprint density at radius 1 is 1.50 bits per heavy atom. The van der Waals surface area contributed by atoms with E-state index in [-0.39, 0.29) is 5.97 Å². The van der Waals surface area contributed by atoms with E-state index in [1.54, 1.807) is 0 Å². The van der Waals surface area contributed by atoms with Gasteiger partial charge in [0.1, 0.15) is 0 Å². The summed E-state index contributed by atoms with van der Waals surface area (Å²) >= 11 is 7.43. The minimum Gasteiger partial charge on any atom is -0.468 e. The zero-order chi connectivity index (χ0) is 13.4. The first kappa shape index (κ1) is 15.3. The smallest absolute Gasteiger partial charge is 0.315 e. The van der Waals surface area contributed by atoms with Crippen molar-refractivity contribution in [2.75, 3.05) is 19.4 Å². The molecule has 1 aromatic carbocycles. The van der Waals surface area contributed by atoms with Gasteiger partial charge in [-0.2, -0.15) is 0 Å². The lowest BCUT2D eigenvalue weighted by Crippen LogP contribution is -2.14. The number of ether oxygens (including phenoxy) is 1. The SMILES string of the molecule is CCCNCc1ccc(Cl)cc1SCC(=O)OC. The van der Waals surface area contributed by atoms with Crippen LogP contribution in [-0.4, -0.2) is 25.4 Å². The molecule has 0 heterocycles. The van der Waals surface area contributed by atoms with Crippen LogP contribution in [0.2, 0.25) is 5.02 Å². The van der Waals surface area contributed by atoms with E-state index in [9.17, 15) is 4.79 Å². The molecular weight excluding hydrogens is 270 g/mol. The van der Waals surface area contributed by atoms with Gasteiger partial charge in [-0.15, -0.1) is 11.8 Å². The molecule has 0 atom stereocenters. The molecule has 18 heavy (non-hydrogen) atoms. The summed E-state index contributed by atoms with van der Waals surface area (Å²) in [7, 11) is 1.39. The lowest BCUT2D eigenvalue weighted by Gasteiger charge is -2.10. The van der Waals surface area contributed by atoms with Crippen LogP contribution in [-0.2, 0) is 16.1 Å². The summed E-state index contributed by atoms with van der Waals surface area (Å²) in [5.74, 6) is 0.0740. The summed E-state index contributed by atoms with van der Waals surface area (Å²) in [5, 5.41) is 4.02. The van der Waals surface area contributed by atoms with Crippen LogP contribution >= 0.6 is 23.4 Å². The Morgan fingerprint density at radius 2 is 2.28 bits per heavy atom. The molecular formula is C13H18ClNO2S. The van der Waals surface area contributed by atoms with Crippen LogP contribution in [0.15, 0.2) is 23.1 Å². The van der Waals surface area contributed by atoms with Crippen LogP contribution in [0.5, 0.6) is 0 Å². The van der Waals surface area contributed by atoms with Crippen molar-refractivity contribution in [2.45, 2.75) is 24.8 Å². The second-order valence-electron chi connectivity index (χ2n) is 3.79. The van der Waals surface area contributed by atoms with Crippen molar-refractivity contribution in [3.05, 3.63) is 28.8 Å². The number of methoxy groups -OCH3 is 1. The minimum atomic E-state index is -0.229. The maximum Gasteiger partial charge on any atom is 0.315 e. The average Bonchev–Trinajstić information content (AvgIpc) is 2.38. The lowest BCUT2D eigenvalue weighted by atomic mass is 10.2. The molecule has 0 radical (unpaired) electrons. The zero-order valence-corrected chi connectivity index (χ0v) is 12.2. The van der Waals surface area contributed by atoms with E-state index in [1.165, 1.54) is 18.9 Å². The van der Waals surface area contributed by atoms with Gasteiger partial charge in [-0.05, 0) is 30.7 Å². The largest absolute Gasteiger partial charge is 0.468 e. The van der Waals surface area contributed by atoms with Crippen molar-refractivity contribution in [1.82, 2.24) is 5.32 Å². The zero-order valence-electron chi connectivity index (χ0n) is 10.7. The van der Waals surface area contributed by atoms with Gasteiger partial charge in [0.2, 0.25) is 0 Å². The van der Waals surface area contributed by atoms with Gasteiger partial charge < -0.3 is 10.1 Å². The summed E-state index contributed by atoms with van der Waals surface area (Å²) in [5.41, 5.74) is 1.15. The monoisotopic (exact) mass is 287 g/mol. The second kappa shape index (κ2) is 8.40. The summed E-state index contributed by atoms with van der Waals surface area (Å²) in [6, 6.07) is 5.75. The number of nitrogens with one attached hydrogen (secondary N) is 1. The molecule has 0 aliphatic carbocycles. The van der Waals surface area contributed by atoms with E-state index < -0.39 is 0 Å². The van der Waals surface area contributed by atoms with Crippen LogP contribution < -0.4 is 5.32 Å². The number of hydrogen-bond acceptors (Lipinski definition) is 4. The van der Waals surface area contributed by atoms with Crippen LogP contribution in [0.25, 0.3) is 0 Å². The first-order chi connectivity index (χ1) is 8.67. The molecule has 0 fully saturated rings. The Morgan fingerprint density at radius 3 is 2.94 bits per heavy atom. The van der Waals surface area contributed by atoms with Gasteiger partial charge in [-0.1, -0.05) is 24.6 Å². The average molecular weight is 288 g/mol. The molecule has 1 rings (SSSR count). The lowest BCUT2D eigenvalue weighted by molar-refractivity contribution is -0.137.